The number of carbonyl (C=O) groups is 2. The van der Waals surface area contributed by atoms with Crippen molar-refractivity contribution >= 4 is 29.0 Å². The first-order valence-electron chi connectivity index (χ1n) is 11.1. The molecular formula is C25H26F2N4O2S. The standard InChI is InChI=1S/C25H26F2N4O2S/c26-20-8-6-19(7-9-20)18-31(24(32)23-5-2-16-34-23)15-12-29-10-13-30(14-11-29)25(33)28-22-4-1-3-21(27)17-22/h1-9,16-17H,10-15,18H2,(H,28,33). The van der Waals surface area contributed by atoms with Crippen LogP contribution in [0.25, 0.3) is 0 Å². The number of nitrogens with one attached hydrogen (secondary N) is 1. The van der Waals surface area contributed by atoms with Crippen LogP contribution in [0.15, 0.2) is 66.0 Å². The molecule has 0 bridgehead atoms. The van der Waals surface area contributed by atoms with Gasteiger partial charge in [0.05, 0.1) is 4.88 Å². The molecule has 1 aliphatic heterocycles. The van der Waals surface area contributed by atoms with Crippen molar-refractivity contribution in [3.8, 4) is 0 Å². The number of rotatable bonds is 7. The van der Waals surface area contributed by atoms with Crippen molar-refractivity contribution in [1.82, 2.24) is 14.7 Å². The van der Waals surface area contributed by atoms with Crippen LogP contribution >= 0.6 is 11.3 Å². The van der Waals surface area contributed by atoms with E-state index >= 15 is 0 Å². The quantitative estimate of drug-likeness (QED) is 0.537. The third kappa shape index (κ3) is 6.39. The molecule has 0 spiro atoms. The molecule has 178 valence electrons. The number of urea groups is 1. The van der Waals surface area contributed by atoms with E-state index in [2.05, 4.69) is 10.2 Å². The Balaban J connectivity index is 1.30. The zero-order valence-electron chi connectivity index (χ0n) is 18.6. The van der Waals surface area contributed by atoms with Crippen LogP contribution in [0.5, 0.6) is 0 Å². The Labute approximate surface area is 201 Å². The van der Waals surface area contributed by atoms with Crippen molar-refractivity contribution < 1.29 is 18.4 Å². The molecule has 2 heterocycles. The highest BCUT2D eigenvalue weighted by molar-refractivity contribution is 7.12. The molecular weight excluding hydrogens is 458 g/mol. The van der Waals surface area contributed by atoms with Gasteiger partial charge in [-0.15, -0.1) is 11.3 Å². The number of anilines is 1. The zero-order chi connectivity index (χ0) is 23.9. The van der Waals surface area contributed by atoms with Gasteiger partial charge in [0.15, 0.2) is 0 Å². The van der Waals surface area contributed by atoms with Gasteiger partial charge in [-0.1, -0.05) is 24.3 Å². The second-order valence-corrected chi connectivity index (χ2v) is 9.05. The van der Waals surface area contributed by atoms with Crippen LogP contribution in [-0.2, 0) is 6.54 Å². The summed E-state index contributed by atoms with van der Waals surface area (Å²) in [7, 11) is 0. The number of amides is 3. The van der Waals surface area contributed by atoms with Gasteiger partial charge in [-0.2, -0.15) is 0 Å². The highest BCUT2D eigenvalue weighted by atomic mass is 32.1. The van der Waals surface area contributed by atoms with E-state index in [1.807, 2.05) is 11.4 Å². The van der Waals surface area contributed by atoms with Gasteiger partial charge in [0.2, 0.25) is 0 Å². The van der Waals surface area contributed by atoms with Crippen LogP contribution in [-0.4, -0.2) is 65.9 Å². The molecule has 4 rings (SSSR count). The lowest BCUT2D eigenvalue weighted by molar-refractivity contribution is 0.0709. The maximum absolute atomic E-state index is 13.3. The Bertz CT molecular complexity index is 1100. The van der Waals surface area contributed by atoms with Crippen molar-refractivity contribution in [3.63, 3.8) is 0 Å². The zero-order valence-corrected chi connectivity index (χ0v) is 19.4. The molecule has 1 N–H and O–H groups in total. The van der Waals surface area contributed by atoms with Crippen molar-refractivity contribution in [3.05, 3.63) is 88.1 Å². The second kappa shape index (κ2) is 11.2. The Hall–Kier alpha value is -3.30. The lowest BCUT2D eigenvalue weighted by Gasteiger charge is -2.35. The van der Waals surface area contributed by atoms with Crippen LogP contribution in [0.1, 0.15) is 15.2 Å². The van der Waals surface area contributed by atoms with Gasteiger partial charge in [-0.25, -0.2) is 13.6 Å². The van der Waals surface area contributed by atoms with Gasteiger partial charge in [0, 0.05) is 51.5 Å². The Morgan fingerprint density at radius 1 is 0.941 bits per heavy atom. The van der Waals surface area contributed by atoms with Crippen molar-refractivity contribution in [2.45, 2.75) is 6.54 Å². The minimum atomic E-state index is -0.398. The Morgan fingerprint density at radius 3 is 2.38 bits per heavy atom. The molecule has 1 aliphatic rings. The van der Waals surface area contributed by atoms with Crippen LogP contribution in [0.4, 0.5) is 19.3 Å². The second-order valence-electron chi connectivity index (χ2n) is 8.10. The molecule has 9 heteroatoms. The largest absolute Gasteiger partial charge is 0.332 e. The maximum atomic E-state index is 13.3. The summed E-state index contributed by atoms with van der Waals surface area (Å²) in [6.07, 6.45) is 0. The first-order valence-corrected chi connectivity index (χ1v) is 12.0. The molecule has 0 radical (unpaired) electrons. The smallest absolute Gasteiger partial charge is 0.321 e. The van der Waals surface area contributed by atoms with E-state index in [4.69, 9.17) is 0 Å². The van der Waals surface area contributed by atoms with Crippen LogP contribution < -0.4 is 5.32 Å². The first kappa shape index (κ1) is 23.8. The third-order valence-corrected chi connectivity index (χ3v) is 6.59. The van der Waals surface area contributed by atoms with Gasteiger partial charge in [0.1, 0.15) is 11.6 Å². The number of carbonyl (C=O) groups excluding carboxylic acids is 2. The van der Waals surface area contributed by atoms with E-state index in [1.165, 1.54) is 35.6 Å². The summed E-state index contributed by atoms with van der Waals surface area (Å²) >= 11 is 1.40. The summed E-state index contributed by atoms with van der Waals surface area (Å²) in [5.74, 6) is -0.753. The lowest BCUT2D eigenvalue weighted by atomic mass is 10.2. The van der Waals surface area contributed by atoms with Crippen molar-refractivity contribution in [2.75, 3.05) is 44.6 Å². The van der Waals surface area contributed by atoms with E-state index in [-0.39, 0.29) is 17.8 Å². The number of hydrogen-bond acceptors (Lipinski definition) is 4. The van der Waals surface area contributed by atoms with Gasteiger partial charge in [0.25, 0.3) is 5.91 Å². The highest BCUT2D eigenvalue weighted by Gasteiger charge is 2.23. The highest BCUT2D eigenvalue weighted by Crippen LogP contribution is 2.16. The fourth-order valence-corrected chi connectivity index (χ4v) is 4.51. The first-order chi connectivity index (χ1) is 16.5. The molecule has 0 unspecified atom stereocenters. The van der Waals surface area contributed by atoms with Crippen molar-refractivity contribution in [2.24, 2.45) is 0 Å². The molecule has 6 nitrogen and oxygen atoms in total. The fourth-order valence-electron chi connectivity index (χ4n) is 3.82. The van der Waals surface area contributed by atoms with E-state index in [1.54, 1.807) is 40.1 Å². The molecule has 3 amide bonds. The number of halogens is 2. The van der Waals surface area contributed by atoms with Gasteiger partial charge >= 0.3 is 6.03 Å². The van der Waals surface area contributed by atoms with Crippen LogP contribution in [0.2, 0.25) is 0 Å². The number of thiophene rings is 1. The van der Waals surface area contributed by atoms with E-state index in [0.717, 1.165) is 5.56 Å². The van der Waals surface area contributed by atoms with Crippen LogP contribution in [0, 0.1) is 11.6 Å². The molecule has 1 aromatic heterocycles. The molecule has 3 aromatic rings. The van der Waals surface area contributed by atoms with Gasteiger partial charge in [-0.05, 0) is 47.3 Å². The summed E-state index contributed by atoms with van der Waals surface area (Å²) < 4.78 is 26.6. The van der Waals surface area contributed by atoms with Crippen LogP contribution in [0.3, 0.4) is 0 Å². The fraction of sp³-hybridized carbons (Fsp3) is 0.280. The normalized spacial score (nSPS) is 14.1. The molecule has 1 fully saturated rings. The summed E-state index contributed by atoms with van der Waals surface area (Å²) in [5.41, 5.74) is 1.29. The average molecular weight is 485 g/mol. The van der Waals surface area contributed by atoms with Gasteiger partial charge < -0.3 is 15.1 Å². The molecule has 34 heavy (non-hydrogen) atoms. The van der Waals surface area contributed by atoms with Crippen molar-refractivity contribution in [1.29, 1.82) is 0 Å². The summed E-state index contributed by atoms with van der Waals surface area (Å²) in [4.78, 5) is 31.9. The third-order valence-electron chi connectivity index (χ3n) is 5.73. The minimum Gasteiger partial charge on any atom is -0.332 e. The van der Waals surface area contributed by atoms with E-state index in [0.29, 0.717) is 56.4 Å². The number of hydrogen-bond donors (Lipinski definition) is 1. The predicted molar refractivity (Wildman–Crippen MR) is 129 cm³/mol. The van der Waals surface area contributed by atoms with Gasteiger partial charge in [-0.3, -0.25) is 9.69 Å². The topological polar surface area (TPSA) is 55.9 Å². The monoisotopic (exact) mass is 484 g/mol. The molecule has 1 saturated heterocycles. The van der Waals surface area contributed by atoms with E-state index in [9.17, 15) is 18.4 Å². The lowest BCUT2D eigenvalue weighted by Crippen LogP contribution is -2.51. The summed E-state index contributed by atoms with van der Waals surface area (Å²) in [6, 6.07) is 15.4. The molecule has 0 saturated carbocycles. The number of benzene rings is 2. The predicted octanol–water partition coefficient (Wildman–Crippen LogP) is 4.52. The summed E-state index contributed by atoms with van der Waals surface area (Å²) in [6.45, 7) is 4.01. The average Bonchev–Trinajstić information content (AvgIpc) is 3.38. The molecule has 2 aromatic carbocycles. The molecule has 0 aliphatic carbocycles. The number of piperazine rings is 1. The SMILES string of the molecule is O=C(Nc1cccc(F)c1)N1CCN(CCN(Cc2ccc(F)cc2)C(=O)c2cccs2)CC1. The van der Waals surface area contributed by atoms with E-state index < -0.39 is 5.82 Å². The summed E-state index contributed by atoms with van der Waals surface area (Å²) in [5, 5.41) is 4.60. The Kier molecular flexibility index (Phi) is 7.87. The minimum absolute atomic E-state index is 0.0487. The molecule has 0 atom stereocenters. The maximum Gasteiger partial charge on any atom is 0.321 e. The number of nitrogens with zero attached hydrogens (tertiary/aromatic N) is 3. The Morgan fingerprint density at radius 2 is 1.71 bits per heavy atom.